The van der Waals surface area contributed by atoms with Crippen molar-refractivity contribution in [2.75, 3.05) is 12.3 Å². The Morgan fingerprint density at radius 3 is 2.76 bits per heavy atom. The normalized spacial score (nSPS) is 29.9. The molecule has 0 amide bonds. The highest BCUT2D eigenvalue weighted by Crippen LogP contribution is 2.53. The number of aryl methyl sites for hydroxylation is 1. The Labute approximate surface area is 195 Å². The topological polar surface area (TPSA) is 178 Å². The highest BCUT2D eigenvalue weighted by atomic mass is 79.9. The number of anilines is 1. The van der Waals surface area contributed by atoms with Gasteiger partial charge < -0.3 is 15.4 Å². The zero-order valence-electron chi connectivity index (χ0n) is 16.8. The van der Waals surface area contributed by atoms with Crippen LogP contribution in [-0.2, 0) is 32.7 Å². The van der Waals surface area contributed by atoms with Gasteiger partial charge in [0.25, 0.3) is 10.1 Å². The lowest BCUT2D eigenvalue weighted by molar-refractivity contribution is -0.0668. The smallest absolute Gasteiger partial charge is 0.382 e. The molecule has 1 aromatic carbocycles. The van der Waals surface area contributed by atoms with Crippen molar-refractivity contribution in [3.05, 3.63) is 40.9 Å². The summed E-state index contributed by atoms with van der Waals surface area (Å²) in [5.74, 6) is 0.0963. The SMILES string of the molecule is Cc1ccc(S(=O)(=O)O[C@@H]2[C@@H]3OP(=O)(O)OC[C@H]3O[C@H]2n2c(Br)nc3c(N)ncnc32)cc1. The van der Waals surface area contributed by atoms with Crippen LogP contribution in [0.2, 0.25) is 0 Å². The van der Waals surface area contributed by atoms with E-state index in [1.165, 1.54) is 23.0 Å². The Morgan fingerprint density at radius 1 is 1.30 bits per heavy atom. The molecule has 2 saturated heterocycles. The Morgan fingerprint density at radius 2 is 2.03 bits per heavy atom. The second kappa shape index (κ2) is 8.06. The first-order chi connectivity index (χ1) is 15.6. The molecular formula is C17H17BrN5O8PS. The predicted octanol–water partition coefficient (Wildman–Crippen LogP) is 1.67. The summed E-state index contributed by atoms with van der Waals surface area (Å²) in [5, 5.41) is 0. The van der Waals surface area contributed by atoms with E-state index in [0.29, 0.717) is 0 Å². The third-order valence-electron chi connectivity index (χ3n) is 5.21. The molecule has 4 heterocycles. The molecule has 0 spiro atoms. The number of rotatable bonds is 4. The molecule has 176 valence electrons. The van der Waals surface area contributed by atoms with Gasteiger partial charge in [-0.05, 0) is 35.0 Å². The Hall–Kier alpha value is -1.97. The largest absolute Gasteiger partial charge is 0.472 e. The summed E-state index contributed by atoms with van der Waals surface area (Å²) >= 11 is 3.30. The number of phosphoric acid groups is 1. The molecule has 3 N–H and O–H groups in total. The standard InChI is InChI=1S/C17H17BrN5O8PS/c1-8-2-4-9(5-3-8)33(26,27)31-13-12-10(6-28-32(24,25)30-12)29-16(13)23-15-11(22-17(23)18)14(19)20-7-21-15/h2-5,7,10,12-13,16H,6H2,1H3,(H,24,25)(H2,19,20,21)/t10-,12-,13-,16-/m1/s1. The van der Waals surface area contributed by atoms with E-state index in [2.05, 4.69) is 30.9 Å². The zero-order chi connectivity index (χ0) is 23.5. The third kappa shape index (κ3) is 4.08. The van der Waals surface area contributed by atoms with Gasteiger partial charge in [0.05, 0.1) is 11.5 Å². The number of benzene rings is 1. The predicted molar refractivity (Wildman–Crippen MR) is 115 cm³/mol. The lowest BCUT2D eigenvalue weighted by Crippen LogP contribution is -2.41. The molecule has 33 heavy (non-hydrogen) atoms. The van der Waals surface area contributed by atoms with Crippen molar-refractivity contribution in [1.82, 2.24) is 19.5 Å². The van der Waals surface area contributed by atoms with Crippen molar-refractivity contribution in [3.63, 3.8) is 0 Å². The molecule has 2 aliphatic rings. The Balaban J connectivity index is 1.60. The van der Waals surface area contributed by atoms with Crippen LogP contribution in [-0.4, -0.2) is 57.7 Å². The first-order valence-corrected chi connectivity index (χ1v) is 13.2. The van der Waals surface area contributed by atoms with E-state index in [9.17, 15) is 17.9 Å². The second-order valence-corrected chi connectivity index (χ2v) is 11.1. The van der Waals surface area contributed by atoms with Crippen LogP contribution < -0.4 is 5.73 Å². The molecule has 2 aromatic heterocycles. The van der Waals surface area contributed by atoms with Gasteiger partial charge in [0.15, 0.2) is 34.0 Å². The molecule has 0 aliphatic carbocycles. The van der Waals surface area contributed by atoms with Crippen LogP contribution in [0.3, 0.4) is 0 Å². The summed E-state index contributed by atoms with van der Waals surface area (Å²) in [6, 6.07) is 6.03. The van der Waals surface area contributed by atoms with Gasteiger partial charge in [-0.2, -0.15) is 8.42 Å². The fourth-order valence-corrected chi connectivity index (χ4v) is 6.25. The minimum Gasteiger partial charge on any atom is -0.382 e. The Kier molecular flexibility index (Phi) is 5.57. The van der Waals surface area contributed by atoms with Crippen LogP contribution in [0, 0.1) is 6.92 Å². The molecule has 16 heteroatoms. The van der Waals surface area contributed by atoms with E-state index in [0.717, 1.165) is 5.56 Å². The second-order valence-electron chi connectivity index (χ2n) is 7.41. The number of ether oxygens (including phenoxy) is 1. The number of nitrogens with zero attached hydrogens (tertiary/aromatic N) is 4. The van der Waals surface area contributed by atoms with Crippen LogP contribution in [0.1, 0.15) is 11.8 Å². The number of hydrogen-bond donors (Lipinski definition) is 2. The maximum atomic E-state index is 13.1. The van der Waals surface area contributed by atoms with Crippen molar-refractivity contribution < 1.29 is 35.8 Å². The van der Waals surface area contributed by atoms with Crippen LogP contribution in [0.25, 0.3) is 11.2 Å². The highest BCUT2D eigenvalue weighted by Gasteiger charge is 2.56. The van der Waals surface area contributed by atoms with Crippen molar-refractivity contribution >= 4 is 50.9 Å². The minimum absolute atomic E-state index is 0.0963. The fourth-order valence-electron chi connectivity index (χ4n) is 3.66. The van der Waals surface area contributed by atoms with Gasteiger partial charge in [-0.3, -0.25) is 17.8 Å². The monoisotopic (exact) mass is 561 g/mol. The molecule has 1 unspecified atom stereocenters. The zero-order valence-corrected chi connectivity index (χ0v) is 20.1. The van der Waals surface area contributed by atoms with E-state index in [1.807, 2.05) is 6.92 Å². The lowest BCUT2D eigenvalue weighted by atomic mass is 10.1. The van der Waals surface area contributed by atoms with Crippen LogP contribution in [0.15, 0.2) is 40.2 Å². The summed E-state index contributed by atoms with van der Waals surface area (Å²) in [7, 11) is -8.77. The van der Waals surface area contributed by atoms with Crippen LogP contribution in [0.4, 0.5) is 5.82 Å². The van der Waals surface area contributed by atoms with E-state index in [-0.39, 0.29) is 33.2 Å². The van der Waals surface area contributed by atoms with Gasteiger partial charge in [0.2, 0.25) is 0 Å². The first kappa shape index (κ1) is 22.8. The van der Waals surface area contributed by atoms with Crippen LogP contribution in [0.5, 0.6) is 0 Å². The molecule has 13 nitrogen and oxygen atoms in total. The molecule has 5 atom stereocenters. The van der Waals surface area contributed by atoms with Gasteiger partial charge in [-0.25, -0.2) is 19.5 Å². The summed E-state index contributed by atoms with van der Waals surface area (Å²) in [4.78, 5) is 22.1. The maximum absolute atomic E-state index is 13.1. The number of halogens is 1. The molecule has 5 rings (SSSR count). The van der Waals surface area contributed by atoms with Crippen molar-refractivity contribution in [1.29, 1.82) is 0 Å². The van der Waals surface area contributed by atoms with Crippen molar-refractivity contribution in [2.45, 2.75) is 36.4 Å². The molecule has 2 fully saturated rings. The number of imidazole rings is 1. The Bertz CT molecular complexity index is 1380. The molecule has 0 bridgehead atoms. The molecule has 0 radical (unpaired) electrons. The van der Waals surface area contributed by atoms with Crippen LogP contribution >= 0.6 is 23.8 Å². The average molecular weight is 562 g/mol. The van der Waals surface area contributed by atoms with E-state index in [1.54, 1.807) is 12.1 Å². The van der Waals surface area contributed by atoms with Gasteiger partial charge in [-0.15, -0.1) is 0 Å². The van der Waals surface area contributed by atoms with Gasteiger partial charge >= 0.3 is 7.82 Å². The van der Waals surface area contributed by atoms with Crippen molar-refractivity contribution in [3.8, 4) is 0 Å². The number of fused-ring (bicyclic) bond motifs is 2. The van der Waals surface area contributed by atoms with E-state index >= 15 is 0 Å². The minimum atomic E-state index is -4.45. The van der Waals surface area contributed by atoms with Crippen molar-refractivity contribution in [2.24, 2.45) is 0 Å². The van der Waals surface area contributed by atoms with E-state index < -0.39 is 42.5 Å². The number of nitrogens with two attached hydrogens (primary N) is 1. The van der Waals surface area contributed by atoms with Gasteiger partial charge in [0, 0.05) is 0 Å². The average Bonchev–Trinajstić information content (AvgIpc) is 3.25. The quantitative estimate of drug-likeness (QED) is 0.267. The molecule has 0 saturated carbocycles. The number of hydrogen-bond acceptors (Lipinski definition) is 11. The number of aromatic nitrogens is 4. The maximum Gasteiger partial charge on any atom is 0.472 e. The number of phosphoric ester groups is 1. The summed E-state index contributed by atoms with van der Waals surface area (Å²) in [6.45, 7) is 1.49. The first-order valence-electron chi connectivity index (χ1n) is 9.51. The van der Waals surface area contributed by atoms with Gasteiger partial charge in [-0.1, -0.05) is 17.7 Å². The summed E-state index contributed by atoms with van der Waals surface area (Å²) < 4.78 is 61.4. The molecular weight excluding hydrogens is 545 g/mol. The molecule has 3 aromatic rings. The molecule has 2 aliphatic heterocycles. The van der Waals surface area contributed by atoms with E-state index in [4.69, 9.17) is 23.7 Å². The summed E-state index contributed by atoms with van der Waals surface area (Å²) in [6.07, 6.45) is -3.52. The lowest BCUT2D eigenvalue weighted by Gasteiger charge is -2.29. The summed E-state index contributed by atoms with van der Waals surface area (Å²) in [5.41, 5.74) is 7.21. The van der Waals surface area contributed by atoms with Gasteiger partial charge in [0.1, 0.15) is 18.5 Å². The third-order valence-corrected chi connectivity index (χ3v) is 8.08. The number of nitrogen functional groups attached to an aromatic ring is 1. The highest BCUT2D eigenvalue weighted by molar-refractivity contribution is 9.10. The fraction of sp³-hybridized carbons (Fsp3) is 0.353.